The van der Waals surface area contributed by atoms with Crippen molar-refractivity contribution in [3.8, 4) is 17.0 Å². The minimum absolute atomic E-state index is 0.0373. The Labute approximate surface area is 178 Å². The summed E-state index contributed by atoms with van der Waals surface area (Å²) in [5.74, 6) is 0.503. The van der Waals surface area contributed by atoms with Crippen molar-refractivity contribution in [2.75, 3.05) is 18.5 Å². The van der Waals surface area contributed by atoms with Crippen LogP contribution >= 0.6 is 11.3 Å². The number of nitrogens with one attached hydrogen (secondary N) is 1. The van der Waals surface area contributed by atoms with Crippen molar-refractivity contribution in [1.82, 2.24) is 4.68 Å². The quantitative estimate of drug-likeness (QED) is 0.500. The molecule has 1 aromatic heterocycles. The average molecular weight is 419 g/mol. The summed E-state index contributed by atoms with van der Waals surface area (Å²) in [5.41, 5.74) is 5.87. The zero-order valence-electron chi connectivity index (χ0n) is 16.9. The second-order valence-electron chi connectivity index (χ2n) is 7.00. The van der Waals surface area contributed by atoms with Gasteiger partial charge >= 0.3 is 0 Å². The van der Waals surface area contributed by atoms with Crippen LogP contribution in [0.2, 0.25) is 0 Å². The van der Waals surface area contributed by atoms with E-state index in [0.29, 0.717) is 18.0 Å². The Morgan fingerprint density at radius 1 is 1.27 bits per heavy atom. The number of ether oxygens (including phenoxy) is 1. The van der Waals surface area contributed by atoms with Crippen molar-refractivity contribution < 1.29 is 9.53 Å². The summed E-state index contributed by atoms with van der Waals surface area (Å²) in [6.45, 7) is 8.44. The molecule has 1 N–H and O–H groups in total. The summed E-state index contributed by atoms with van der Waals surface area (Å²) in [6.07, 6.45) is 3.60. The summed E-state index contributed by atoms with van der Waals surface area (Å²) in [4.78, 5) is 17.0. The van der Waals surface area contributed by atoms with Gasteiger partial charge in [0.2, 0.25) is 4.80 Å². The number of hydrogen-bond donors (Lipinski definition) is 1. The molecule has 0 atom stereocenters. The van der Waals surface area contributed by atoms with E-state index < -0.39 is 0 Å². The Morgan fingerprint density at radius 2 is 2.13 bits per heavy atom. The van der Waals surface area contributed by atoms with Gasteiger partial charge in [0, 0.05) is 10.9 Å². The number of carbonyl (C=O) groups excluding carboxylic acids is 1. The van der Waals surface area contributed by atoms with E-state index in [1.807, 2.05) is 34.5 Å². The fourth-order valence-corrected chi connectivity index (χ4v) is 4.04. The standard InChI is InChI=1S/C23H22N4O2S/c1-4-9-24-23-27(25-12-18-6-5-15(2)10-16(18)3)20(14-30-23)17-7-8-21-19(11-17)26-22(28)13-29-21/h4-8,10-12,14H,1,9,13H2,2-3H3,(H,26,28). The topological polar surface area (TPSA) is 68.0 Å². The lowest BCUT2D eigenvalue weighted by atomic mass is 10.1. The van der Waals surface area contributed by atoms with Gasteiger partial charge in [-0.3, -0.25) is 9.79 Å². The first-order chi connectivity index (χ1) is 14.5. The maximum atomic E-state index is 11.7. The maximum absolute atomic E-state index is 11.7. The fraction of sp³-hybridized carbons (Fsp3) is 0.174. The third-order valence-corrected chi connectivity index (χ3v) is 5.54. The van der Waals surface area contributed by atoms with Crippen LogP contribution in [0.4, 0.5) is 5.69 Å². The van der Waals surface area contributed by atoms with E-state index in [2.05, 4.69) is 48.9 Å². The van der Waals surface area contributed by atoms with Gasteiger partial charge in [0.1, 0.15) is 5.75 Å². The molecule has 0 radical (unpaired) electrons. The first-order valence-electron chi connectivity index (χ1n) is 9.56. The van der Waals surface area contributed by atoms with Gasteiger partial charge in [0.25, 0.3) is 5.91 Å². The Morgan fingerprint density at radius 3 is 2.93 bits per heavy atom. The van der Waals surface area contributed by atoms with Crippen molar-refractivity contribution in [3.05, 3.63) is 75.9 Å². The van der Waals surface area contributed by atoms with Gasteiger partial charge in [0.15, 0.2) is 6.61 Å². The van der Waals surface area contributed by atoms with Crippen LogP contribution < -0.4 is 14.9 Å². The number of carbonyl (C=O) groups is 1. The van der Waals surface area contributed by atoms with E-state index >= 15 is 0 Å². The highest BCUT2D eigenvalue weighted by atomic mass is 32.1. The Kier molecular flexibility index (Phi) is 5.63. The lowest BCUT2D eigenvalue weighted by Gasteiger charge is -2.18. The average Bonchev–Trinajstić information content (AvgIpc) is 3.13. The molecule has 0 fully saturated rings. The van der Waals surface area contributed by atoms with Crippen LogP contribution in [0.25, 0.3) is 11.3 Å². The van der Waals surface area contributed by atoms with Crippen LogP contribution in [-0.4, -0.2) is 29.9 Å². The van der Waals surface area contributed by atoms with Crippen molar-refractivity contribution in [3.63, 3.8) is 0 Å². The number of amides is 1. The highest BCUT2D eigenvalue weighted by Crippen LogP contribution is 2.32. The molecule has 1 aliphatic heterocycles. The van der Waals surface area contributed by atoms with Gasteiger partial charge in [-0.1, -0.05) is 29.8 Å². The number of rotatable bonds is 5. The van der Waals surface area contributed by atoms with E-state index in [0.717, 1.165) is 27.2 Å². The zero-order chi connectivity index (χ0) is 21.1. The number of fused-ring (bicyclic) bond motifs is 1. The predicted octanol–water partition coefficient (Wildman–Crippen LogP) is 4.13. The first kappa shape index (κ1) is 19.8. The zero-order valence-corrected chi connectivity index (χ0v) is 17.7. The SMILES string of the molecule is C=CCN=c1scc(-c2ccc3c(c2)NC(=O)CO3)n1N=Cc1ccc(C)cc1C. The summed E-state index contributed by atoms with van der Waals surface area (Å²) >= 11 is 1.51. The summed E-state index contributed by atoms with van der Waals surface area (Å²) in [5, 5.41) is 9.60. The summed E-state index contributed by atoms with van der Waals surface area (Å²) in [7, 11) is 0. The number of hydrogen-bond acceptors (Lipinski definition) is 5. The molecule has 0 spiro atoms. The van der Waals surface area contributed by atoms with Crippen molar-refractivity contribution in [2.45, 2.75) is 13.8 Å². The van der Waals surface area contributed by atoms with E-state index in [9.17, 15) is 4.79 Å². The molecular weight excluding hydrogens is 396 g/mol. The molecule has 0 bridgehead atoms. The third kappa shape index (κ3) is 4.11. The monoisotopic (exact) mass is 418 g/mol. The molecule has 1 amide bonds. The molecule has 2 aromatic carbocycles. The smallest absolute Gasteiger partial charge is 0.262 e. The number of nitrogens with zero attached hydrogens (tertiary/aromatic N) is 3. The second-order valence-corrected chi connectivity index (χ2v) is 7.83. The van der Waals surface area contributed by atoms with Crippen LogP contribution in [0.5, 0.6) is 5.75 Å². The number of aromatic nitrogens is 1. The highest BCUT2D eigenvalue weighted by Gasteiger charge is 2.17. The highest BCUT2D eigenvalue weighted by molar-refractivity contribution is 7.07. The van der Waals surface area contributed by atoms with Crippen molar-refractivity contribution in [1.29, 1.82) is 0 Å². The van der Waals surface area contributed by atoms with Gasteiger partial charge in [-0.15, -0.1) is 17.9 Å². The van der Waals surface area contributed by atoms with E-state index in [4.69, 9.17) is 9.84 Å². The number of aryl methyl sites for hydroxylation is 2. The molecule has 4 rings (SSSR count). The van der Waals surface area contributed by atoms with Crippen LogP contribution in [0.3, 0.4) is 0 Å². The number of thiazole rings is 1. The van der Waals surface area contributed by atoms with Crippen LogP contribution in [0.1, 0.15) is 16.7 Å². The fourth-order valence-electron chi connectivity index (χ4n) is 3.19. The van der Waals surface area contributed by atoms with Gasteiger partial charge in [0.05, 0.1) is 24.1 Å². The molecular formula is C23H22N4O2S. The second kappa shape index (κ2) is 8.51. The largest absolute Gasteiger partial charge is 0.482 e. The van der Waals surface area contributed by atoms with Crippen LogP contribution in [-0.2, 0) is 4.79 Å². The lowest BCUT2D eigenvalue weighted by Crippen LogP contribution is -2.25. The third-order valence-electron chi connectivity index (χ3n) is 4.69. The summed E-state index contributed by atoms with van der Waals surface area (Å²) < 4.78 is 7.29. The number of anilines is 1. The molecule has 0 saturated heterocycles. The van der Waals surface area contributed by atoms with Gasteiger partial charge in [-0.25, -0.2) is 4.68 Å². The molecule has 0 unspecified atom stereocenters. The van der Waals surface area contributed by atoms with Gasteiger partial charge < -0.3 is 10.1 Å². The molecule has 152 valence electrons. The molecule has 0 saturated carbocycles. The lowest BCUT2D eigenvalue weighted by molar-refractivity contribution is -0.118. The molecule has 2 heterocycles. The van der Waals surface area contributed by atoms with Gasteiger partial charge in [-0.2, -0.15) is 5.10 Å². The maximum Gasteiger partial charge on any atom is 0.262 e. The molecule has 3 aromatic rings. The Bertz CT molecular complexity index is 1220. The van der Waals surface area contributed by atoms with E-state index in [-0.39, 0.29) is 12.5 Å². The first-order valence-corrected chi connectivity index (χ1v) is 10.4. The normalized spacial score (nSPS) is 13.8. The number of benzene rings is 2. The van der Waals surface area contributed by atoms with E-state index in [1.165, 1.54) is 16.9 Å². The molecule has 6 nitrogen and oxygen atoms in total. The minimum atomic E-state index is -0.160. The predicted molar refractivity (Wildman–Crippen MR) is 121 cm³/mol. The molecule has 1 aliphatic rings. The van der Waals surface area contributed by atoms with Gasteiger partial charge in [-0.05, 0) is 43.2 Å². The molecule has 7 heteroatoms. The Hall–Kier alpha value is -3.45. The van der Waals surface area contributed by atoms with Crippen LogP contribution in [0, 0.1) is 13.8 Å². The molecule has 0 aliphatic carbocycles. The minimum Gasteiger partial charge on any atom is -0.482 e. The summed E-state index contributed by atoms with van der Waals surface area (Å²) in [6, 6.07) is 12.0. The Balaban J connectivity index is 1.79. The van der Waals surface area contributed by atoms with E-state index in [1.54, 1.807) is 6.08 Å². The van der Waals surface area contributed by atoms with Crippen molar-refractivity contribution >= 4 is 29.1 Å². The van der Waals surface area contributed by atoms with Crippen molar-refractivity contribution in [2.24, 2.45) is 10.1 Å². The van der Waals surface area contributed by atoms with Crippen LogP contribution in [0.15, 0.2) is 64.5 Å². The molecule has 30 heavy (non-hydrogen) atoms.